The van der Waals surface area contributed by atoms with E-state index in [9.17, 15) is 0 Å². The molecular weight excluding hydrogens is 497 g/mol. The Bertz CT molecular complexity index is 520. The summed E-state index contributed by atoms with van der Waals surface area (Å²) in [6.45, 7) is 34.6. The molecule has 0 fully saturated rings. The van der Waals surface area contributed by atoms with Gasteiger partial charge in [0.25, 0.3) is 0 Å². The van der Waals surface area contributed by atoms with Gasteiger partial charge in [0.2, 0.25) is 0 Å². The van der Waals surface area contributed by atoms with Gasteiger partial charge in [0.05, 0.1) is 6.23 Å². The summed E-state index contributed by atoms with van der Waals surface area (Å²) in [4.78, 5) is 0. The third kappa shape index (κ3) is 16.0. The topological polar surface area (TPSA) is 55.4 Å². The van der Waals surface area contributed by atoms with Gasteiger partial charge in [-0.2, -0.15) is 0 Å². The Morgan fingerprint density at radius 1 is 0.367 bits per heavy atom. The van der Waals surface area contributed by atoms with E-state index in [0.717, 1.165) is 0 Å². The highest BCUT2D eigenvalue weighted by atomic mass is 28.5. The van der Waals surface area contributed by atoms with Crippen molar-refractivity contribution in [2.75, 3.05) is 6.23 Å². The predicted octanol–water partition coefficient (Wildman–Crippen LogP) is 6.31. The van der Waals surface area contributed by atoms with E-state index in [0.29, 0.717) is 6.23 Å². The van der Waals surface area contributed by atoms with Crippen LogP contribution in [0.25, 0.3) is 0 Å². The monoisotopic (exact) mass is 546 g/mol. The lowest BCUT2D eigenvalue weighted by Gasteiger charge is -2.43. The lowest BCUT2D eigenvalue weighted by atomic mass is 11.7. The van der Waals surface area contributed by atoms with E-state index >= 15 is 0 Å². The maximum atomic E-state index is 6.77. The van der Waals surface area contributed by atoms with Gasteiger partial charge in [-0.25, -0.2) is 0 Å². The molecule has 0 aliphatic rings. The fourth-order valence-electron chi connectivity index (χ4n) is 3.71. The van der Waals surface area contributed by atoms with E-state index < -0.39 is 59.2 Å². The first-order chi connectivity index (χ1) is 12.7. The molecule has 0 saturated heterocycles. The van der Waals surface area contributed by atoms with Crippen LogP contribution < -0.4 is 0 Å². The third-order valence-corrected chi connectivity index (χ3v) is 25.7. The van der Waals surface area contributed by atoms with Crippen LogP contribution >= 0.6 is 0 Å². The van der Waals surface area contributed by atoms with Crippen molar-refractivity contribution in [2.45, 2.75) is 105 Å². The minimum atomic E-state index is -2.74. The second-order valence-corrected chi connectivity index (χ2v) is 40.5. The van der Waals surface area contributed by atoms with Crippen molar-refractivity contribution in [3.05, 3.63) is 0 Å². The van der Waals surface area contributed by atoms with Crippen molar-refractivity contribution in [3.8, 4) is 0 Å². The average molecular weight is 547 g/mol. The minimum absolute atomic E-state index is 0.438. The van der Waals surface area contributed by atoms with Crippen LogP contribution in [0.2, 0.25) is 105 Å². The first-order valence-electron chi connectivity index (χ1n) is 10.9. The molecular formula is C17H50O6Si7. The van der Waals surface area contributed by atoms with Crippen molar-refractivity contribution in [3.63, 3.8) is 0 Å². The van der Waals surface area contributed by atoms with E-state index in [4.69, 9.17) is 25.0 Å². The molecule has 0 atom stereocenters. The Balaban J connectivity index is 5.69. The first-order valence-corrected chi connectivity index (χ1v) is 32.1. The molecule has 0 bridgehead atoms. The van der Waals surface area contributed by atoms with Crippen LogP contribution in [-0.2, 0) is 25.0 Å². The van der Waals surface area contributed by atoms with Crippen molar-refractivity contribution in [1.82, 2.24) is 0 Å². The Labute approximate surface area is 194 Å². The second kappa shape index (κ2) is 10.3. The molecule has 182 valence electrons. The predicted molar refractivity (Wildman–Crippen MR) is 145 cm³/mol. The minimum Gasteiger partial charge on any atom is -0.437 e. The first kappa shape index (κ1) is 31.3. The van der Waals surface area contributed by atoms with Crippen molar-refractivity contribution >= 4 is 59.2 Å². The van der Waals surface area contributed by atoms with Gasteiger partial charge in [-0.3, -0.25) is 0 Å². The van der Waals surface area contributed by atoms with Crippen molar-refractivity contribution in [2.24, 2.45) is 0 Å². The second-order valence-electron chi connectivity index (χ2n) is 12.5. The SMILES string of the molecule is C[Si](C)(C)O[Si](C)(C)OC[Si](C)(O[Si](C)(C)O[Si](C)(C)C)O[Si](C)(C)O[Si](C)(C)C. The Hall–Kier alpha value is 1.28. The van der Waals surface area contributed by atoms with Gasteiger partial charge in [0.1, 0.15) is 0 Å². The van der Waals surface area contributed by atoms with E-state index in [2.05, 4.69) is 105 Å². The standard InChI is InChI=1S/C17H50O6Si7/c1-24(2,3)19-27(10,11)18-17-30(16,22-28(12,13)20-25(4,5)6)23-29(14,15)21-26(7,8)9/h17H2,1-16H3. The summed E-state index contributed by atoms with van der Waals surface area (Å²) in [5, 5.41) is 0. The quantitative estimate of drug-likeness (QED) is 0.252. The van der Waals surface area contributed by atoms with Gasteiger partial charge in [0.15, 0.2) is 25.0 Å². The van der Waals surface area contributed by atoms with Crippen molar-refractivity contribution in [1.29, 1.82) is 0 Å². The highest BCUT2D eigenvalue weighted by molar-refractivity contribution is 6.91. The molecule has 0 radical (unpaired) electrons. The number of hydrogen-bond donors (Lipinski definition) is 0. The summed E-state index contributed by atoms with van der Waals surface area (Å²) in [5.74, 6) is 0. The Kier molecular flexibility index (Phi) is 10.7. The molecule has 0 aromatic heterocycles. The van der Waals surface area contributed by atoms with Gasteiger partial charge in [0, 0.05) is 0 Å². The van der Waals surface area contributed by atoms with Crippen LogP contribution in [0.5, 0.6) is 0 Å². The van der Waals surface area contributed by atoms with Gasteiger partial charge >= 0.3 is 34.2 Å². The van der Waals surface area contributed by atoms with Crippen LogP contribution in [0.1, 0.15) is 0 Å². The number of rotatable bonds is 13. The molecule has 0 aliphatic carbocycles. The zero-order chi connectivity index (χ0) is 24.4. The molecule has 0 heterocycles. The summed E-state index contributed by atoms with van der Waals surface area (Å²) in [7, 11) is -15.0. The van der Waals surface area contributed by atoms with E-state index in [1.54, 1.807) is 0 Å². The Morgan fingerprint density at radius 2 is 0.633 bits per heavy atom. The molecule has 6 nitrogen and oxygen atoms in total. The zero-order valence-electron chi connectivity index (χ0n) is 22.7. The molecule has 0 aromatic carbocycles. The normalized spacial score (nSPS) is 15.6. The molecule has 0 unspecified atom stereocenters. The van der Waals surface area contributed by atoms with Gasteiger partial charge in [-0.15, -0.1) is 0 Å². The van der Waals surface area contributed by atoms with E-state index in [1.165, 1.54) is 0 Å². The zero-order valence-corrected chi connectivity index (χ0v) is 29.7. The summed E-state index contributed by atoms with van der Waals surface area (Å²) >= 11 is 0. The lowest BCUT2D eigenvalue weighted by Crippen LogP contribution is -2.62. The Morgan fingerprint density at radius 3 is 0.900 bits per heavy atom. The van der Waals surface area contributed by atoms with Gasteiger partial charge in [-0.05, 0) is 105 Å². The molecule has 0 rings (SSSR count). The van der Waals surface area contributed by atoms with Crippen LogP contribution in [-0.4, -0.2) is 65.4 Å². The number of hydrogen-bond acceptors (Lipinski definition) is 6. The molecule has 0 amide bonds. The molecule has 13 heteroatoms. The van der Waals surface area contributed by atoms with Gasteiger partial charge in [-0.1, -0.05) is 0 Å². The summed E-state index contributed by atoms with van der Waals surface area (Å²) in [5.41, 5.74) is 0. The maximum absolute atomic E-state index is 6.77. The fraction of sp³-hybridized carbons (Fsp3) is 1.00. The highest BCUT2D eigenvalue weighted by Crippen LogP contribution is 2.27. The van der Waals surface area contributed by atoms with Crippen LogP contribution in [0.4, 0.5) is 0 Å². The van der Waals surface area contributed by atoms with Crippen LogP contribution in [0.15, 0.2) is 0 Å². The lowest BCUT2D eigenvalue weighted by molar-refractivity contribution is 0.223. The smallest absolute Gasteiger partial charge is 0.342 e. The largest absolute Gasteiger partial charge is 0.437 e. The molecule has 0 saturated carbocycles. The molecule has 0 aliphatic heterocycles. The fourth-order valence-corrected chi connectivity index (χ4v) is 34.5. The summed E-state index contributed by atoms with van der Waals surface area (Å²) in [6, 6.07) is 0. The summed E-state index contributed by atoms with van der Waals surface area (Å²) < 4.78 is 39.3. The molecule has 30 heavy (non-hydrogen) atoms. The summed E-state index contributed by atoms with van der Waals surface area (Å²) in [6.07, 6.45) is 0.438. The van der Waals surface area contributed by atoms with E-state index in [-0.39, 0.29) is 0 Å². The molecule has 0 N–H and O–H groups in total. The third-order valence-electron chi connectivity index (χ3n) is 3.26. The van der Waals surface area contributed by atoms with E-state index in [1.807, 2.05) is 0 Å². The van der Waals surface area contributed by atoms with Crippen LogP contribution in [0, 0.1) is 0 Å². The van der Waals surface area contributed by atoms with Crippen LogP contribution in [0.3, 0.4) is 0 Å². The molecule has 0 spiro atoms. The maximum Gasteiger partial charge on any atom is 0.342 e. The highest BCUT2D eigenvalue weighted by Gasteiger charge is 2.49. The van der Waals surface area contributed by atoms with Gasteiger partial charge < -0.3 is 25.0 Å². The molecule has 0 aromatic rings. The average Bonchev–Trinajstić information content (AvgIpc) is 2.24. The van der Waals surface area contributed by atoms with Crippen molar-refractivity contribution < 1.29 is 25.0 Å².